The third kappa shape index (κ3) is 4.72. The summed E-state index contributed by atoms with van der Waals surface area (Å²) in [5.74, 6) is -1.93. The Bertz CT molecular complexity index is 1090. The minimum atomic E-state index is -4.53. The van der Waals surface area contributed by atoms with E-state index in [-0.39, 0.29) is 11.4 Å². The van der Waals surface area contributed by atoms with Gasteiger partial charge in [0.25, 0.3) is 5.91 Å². The molecule has 3 aromatic rings. The van der Waals surface area contributed by atoms with Gasteiger partial charge in [-0.15, -0.1) is 11.3 Å². The van der Waals surface area contributed by atoms with Gasteiger partial charge in [0.1, 0.15) is 17.1 Å². The number of alkyl halides is 3. The van der Waals surface area contributed by atoms with Crippen LogP contribution in [-0.2, 0) is 18.0 Å². The number of carbonyl (C=O) groups is 2. The second-order valence-corrected chi connectivity index (χ2v) is 7.04. The molecule has 0 bridgehead atoms. The number of carboxylic acids is 1. The van der Waals surface area contributed by atoms with Gasteiger partial charge in [-0.05, 0) is 36.4 Å². The summed E-state index contributed by atoms with van der Waals surface area (Å²) >= 11 is 1.05. The van der Waals surface area contributed by atoms with Crippen molar-refractivity contribution in [2.75, 3.05) is 0 Å². The van der Waals surface area contributed by atoms with E-state index < -0.39 is 23.7 Å². The van der Waals surface area contributed by atoms with Crippen LogP contribution >= 0.6 is 11.3 Å². The zero-order chi connectivity index (χ0) is 21.2. The molecule has 1 amide bonds. The molecule has 2 N–H and O–H groups in total. The third-order valence-corrected chi connectivity index (χ3v) is 4.91. The lowest BCUT2D eigenvalue weighted by Gasteiger charge is -2.05. The largest absolute Gasteiger partial charge is 0.477 e. The number of aryl methyl sites for hydroxylation is 1. The van der Waals surface area contributed by atoms with Crippen LogP contribution in [0.4, 0.5) is 13.2 Å². The number of aromatic nitrogens is 2. The Morgan fingerprint density at radius 2 is 1.86 bits per heavy atom. The summed E-state index contributed by atoms with van der Waals surface area (Å²) in [6.07, 6.45) is -3.29. The summed E-state index contributed by atoms with van der Waals surface area (Å²) in [5.41, 5.74) is -0.835. The summed E-state index contributed by atoms with van der Waals surface area (Å²) < 4.78 is 39.5. The van der Waals surface area contributed by atoms with E-state index in [1.807, 2.05) is 0 Å². The average Bonchev–Trinajstić information content (AvgIpc) is 3.28. The lowest BCUT2D eigenvalue weighted by molar-refractivity contribution is -0.143. The molecule has 0 fully saturated rings. The number of hydrogen-bond acceptors (Lipinski definition) is 4. The Morgan fingerprint density at radius 3 is 2.45 bits per heavy atom. The van der Waals surface area contributed by atoms with Crippen LogP contribution in [0.2, 0.25) is 0 Å². The fraction of sp³-hybridized carbons (Fsp3) is 0.105. The van der Waals surface area contributed by atoms with Crippen molar-refractivity contribution in [2.24, 2.45) is 7.05 Å². The molecule has 0 saturated heterocycles. The smallest absolute Gasteiger partial charge is 0.433 e. The van der Waals surface area contributed by atoms with Crippen molar-refractivity contribution >= 4 is 29.3 Å². The molecule has 10 heteroatoms. The maximum absolute atomic E-state index is 12.9. The quantitative estimate of drug-likeness (QED) is 0.610. The highest BCUT2D eigenvalue weighted by molar-refractivity contribution is 7.16. The van der Waals surface area contributed by atoms with Crippen LogP contribution in [0.1, 0.15) is 20.9 Å². The Labute approximate surface area is 166 Å². The van der Waals surface area contributed by atoms with Gasteiger partial charge in [0, 0.05) is 17.5 Å². The Hall–Kier alpha value is -3.40. The van der Waals surface area contributed by atoms with Crippen molar-refractivity contribution in [3.05, 3.63) is 70.4 Å². The van der Waals surface area contributed by atoms with Crippen molar-refractivity contribution in [1.29, 1.82) is 0 Å². The third-order valence-electron chi connectivity index (χ3n) is 3.85. The van der Waals surface area contributed by atoms with Crippen molar-refractivity contribution in [2.45, 2.75) is 6.18 Å². The van der Waals surface area contributed by atoms with E-state index in [2.05, 4.69) is 10.4 Å². The highest BCUT2D eigenvalue weighted by atomic mass is 32.1. The second kappa shape index (κ2) is 7.92. The van der Waals surface area contributed by atoms with Crippen LogP contribution in [0, 0.1) is 0 Å². The summed E-state index contributed by atoms with van der Waals surface area (Å²) in [6.45, 7) is 0. The number of carboxylic acid groups (broad SMARTS) is 1. The first kappa shape index (κ1) is 20.3. The zero-order valence-electron chi connectivity index (χ0n) is 14.9. The monoisotopic (exact) mass is 421 g/mol. The van der Waals surface area contributed by atoms with Gasteiger partial charge < -0.3 is 10.4 Å². The first-order valence-corrected chi connectivity index (χ1v) is 8.99. The maximum Gasteiger partial charge on any atom is 0.433 e. The van der Waals surface area contributed by atoms with E-state index >= 15 is 0 Å². The second-order valence-electron chi connectivity index (χ2n) is 5.92. The number of nitrogens with one attached hydrogen (secondary N) is 1. The normalized spacial score (nSPS) is 12.1. The molecule has 0 aliphatic carbocycles. The van der Waals surface area contributed by atoms with Gasteiger partial charge in [-0.3, -0.25) is 9.48 Å². The molecule has 1 aromatic carbocycles. The molecular formula is C19H14F3N3O3S. The summed E-state index contributed by atoms with van der Waals surface area (Å²) in [5, 5.41) is 15.6. The Balaban J connectivity index is 1.85. The summed E-state index contributed by atoms with van der Waals surface area (Å²) in [4.78, 5) is 24.5. The summed E-state index contributed by atoms with van der Waals surface area (Å²) in [6, 6.07) is 12.1. The van der Waals surface area contributed by atoms with Gasteiger partial charge in [-0.1, -0.05) is 18.2 Å². The number of halogens is 3. The molecule has 0 radical (unpaired) electrons. The standard InChI is InChI=1S/C19H14F3N3O3S/c1-25-16(19(20,21)22)10-13(24-25)15-8-7-12(29-15)9-14(18(27)28)23-17(26)11-5-3-2-4-6-11/h2-10H,1H3,(H,23,26)(H,27,28)/b14-9-. The maximum atomic E-state index is 12.9. The fourth-order valence-corrected chi connectivity index (χ4v) is 3.41. The molecule has 0 aliphatic rings. The number of rotatable bonds is 5. The van der Waals surface area contributed by atoms with Crippen molar-refractivity contribution in [3.8, 4) is 10.6 Å². The van der Waals surface area contributed by atoms with Crippen molar-refractivity contribution in [3.63, 3.8) is 0 Å². The average molecular weight is 421 g/mol. The zero-order valence-corrected chi connectivity index (χ0v) is 15.7. The molecule has 3 rings (SSSR count). The van der Waals surface area contributed by atoms with E-state index in [1.165, 1.54) is 31.3 Å². The minimum Gasteiger partial charge on any atom is -0.477 e. The highest BCUT2D eigenvalue weighted by Gasteiger charge is 2.35. The van der Waals surface area contributed by atoms with Crippen LogP contribution in [-0.4, -0.2) is 26.8 Å². The van der Waals surface area contributed by atoms with Crippen molar-refractivity contribution in [1.82, 2.24) is 15.1 Å². The van der Waals surface area contributed by atoms with Crippen LogP contribution in [0.5, 0.6) is 0 Å². The molecule has 150 valence electrons. The van der Waals surface area contributed by atoms with E-state index in [9.17, 15) is 27.9 Å². The molecule has 0 aliphatic heterocycles. The van der Waals surface area contributed by atoms with Gasteiger partial charge in [0.2, 0.25) is 0 Å². The predicted molar refractivity (Wildman–Crippen MR) is 101 cm³/mol. The molecule has 6 nitrogen and oxygen atoms in total. The van der Waals surface area contributed by atoms with Gasteiger partial charge in [0.05, 0.1) is 4.88 Å². The first-order valence-electron chi connectivity index (χ1n) is 8.18. The SMILES string of the molecule is Cn1nc(-c2ccc(/C=C(\NC(=O)c3ccccc3)C(=O)O)s2)cc1C(F)(F)F. The van der Waals surface area contributed by atoms with Gasteiger partial charge >= 0.3 is 12.1 Å². The fourth-order valence-electron chi connectivity index (χ4n) is 2.50. The number of hydrogen-bond donors (Lipinski definition) is 2. The highest BCUT2D eigenvalue weighted by Crippen LogP contribution is 2.34. The molecule has 0 saturated carbocycles. The lowest BCUT2D eigenvalue weighted by atomic mass is 10.2. The number of carbonyl (C=O) groups excluding carboxylic acids is 1. The van der Waals surface area contributed by atoms with E-state index in [4.69, 9.17) is 0 Å². The molecule has 2 aromatic heterocycles. The van der Waals surface area contributed by atoms with Crippen LogP contribution in [0.25, 0.3) is 16.6 Å². The molecule has 2 heterocycles. The van der Waals surface area contributed by atoms with Crippen molar-refractivity contribution < 1.29 is 27.9 Å². The van der Waals surface area contributed by atoms with Gasteiger partial charge in [-0.25, -0.2) is 4.79 Å². The Morgan fingerprint density at radius 1 is 1.17 bits per heavy atom. The van der Waals surface area contributed by atoms with Gasteiger partial charge in [-0.2, -0.15) is 18.3 Å². The molecule has 0 spiro atoms. The van der Waals surface area contributed by atoms with Gasteiger partial charge in [0.15, 0.2) is 0 Å². The number of nitrogens with zero attached hydrogens (tertiary/aromatic N) is 2. The van der Waals surface area contributed by atoms with Crippen LogP contribution in [0.15, 0.2) is 54.2 Å². The van der Waals surface area contributed by atoms with Crippen LogP contribution in [0.3, 0.4) is 0 Å². The van der Waals surface area contributed by atoms with E-state index in [0.29, 0.717) is 15.3 Å². The minimum absolute atomic E-state index is 0.120. The molecule has 0 unspecified atom stereocenters. The van der Waals surface area contributed by atoms with Crippen LogP contribution < -0.4 is 5.32 Å². The molecule has 29 heavy (non-hydrogen) atoms. The lowest BCUT2D eigenvalue weighted by Crippen LogP contribution is -2.27. The first-order chi connectivity index (χ1) is 13.6. The number of aliphatic carboxylic acids is 1. The Kier molecular flexibility index (Phi) is 5.55. The number of thiophene rings is 1. The number of amides is 1. The van der Waals surface area contributed by atoms with E-state index in [1.54, 1.807) is 24.3 Å². The summed E-state index contributed by atoms with van der Waals surface area (Å²) in [7, 11) is 1.20. The topological polar surface area (TPSA) is 84.2 Å². The molecular weight excluding hydrogens is 407 g/mol. The predicted octanol–water partition coefficient (Wildman–Crippen LogP) is 4.02. The van der Waals surface area contributed by atoms with E-state index in [0.717, 1.165) is 22.1 Å². The molecule has 0 atom stereocenters. The number of benzene rings is 1.